The molecule has 0 aromatic heterocycles. The van der Waals surface area contributed by atoms with Crippen LogP contribution in [0.3, 0.4) is 0 Å². The number of benzene rings is 2. The van der Waals surface area contributed by atoms with Crippen LogP contribution in [0.1, 0.15) is 15.9 Å². The summed E-state index contributed by atoms with van der Waals surface area (Å²) in [6.07, 6.45) is 1.42. The maximum absolute atomic E-state index is 12.3. The Bertz CT molecular complexity index is 909. The van der Waals surface area contributed by atoms with Gasteiger partial charge in [0.15, 0.2) is 11.5 Å². The summed E-state index contributed by atoms with van der Waals surface area (Å²) < 4.78 is 15.9. The number of ether oxygens (including phenoxy) is 3. The number of aromatic carboxylic acids is 1. The topological polar surface area (TPSA) is 94.1 Å². The van der Waals surface area contributed by atoms with Gasteiger partial charge in [0.05, 0.1) is 18.4 Å². The predicted octanol–water partition coefficient (Wildman–Crippen LogP) is 3.34. The molecule has 7 nitrogen and oxygen atoms in total. The van der Waals surface area contributed by atoms with Crippen LogP contribution in [0.4, 0.5) is 5.69 Å². The van der Waals surface area contributed by atoms with Gasteiger partial charge in [0.1, 0.15) is 5.03 Å². The predicted molar refractivity (Wildman–Crippen MR) is 95.0 cm³/mol. The zero-order valence-corrected chi connectivity index (χ0v) is 14.4. The number of carbonyl (C=O) groups excluding carboxylic acids is 1. The lowest BCUT2D eigenvalue weighted by molar-refractivity contribution is -0.112. The second-order valence-corrected chi connectivity index (χ2v) is 5.66. The van der Waals surface area contributed by atoms with Crippen LogP contribution in [0.5, 0.6) is 17.2 Å². The molecule has 2 N–H and O–H groups in total. The first-order valence-electron chi connectivity index (χ1n) is 7.48. The Morgan fingerprint density at radius 1 is 1.27 bits per heavy atom. The number of hydrogen-bond acceptors (Lipinski definition) is 5. The molecule has 1 heterocycles. The molecule has 0 aliphatic carbocycles. The minimum Gasteiger partial charge on any atom is -0.493 e. The lowest BCUT2D eigenvalue weighted by Gasteiger charge is -2.08. The van der Waals surface area contributed by atoms with Crippen molar-refractivity contribution < 1.29 is 28.9 Å². The SMILES string of the molecule is COc1cc(/C=C(/Cl)C(=O)Nc2ccccc2C(=O)O)cc2c1OCO2. The molecule has 0 unspecified atom stereocenters. The summed E-state index contributed by atoms with van der Waals surface area (Å²) in [6.45, 7) is 0.0824. The summed E-state index contributed by atoms with van der Waals surface area (Å²) in [5.74, 6) is -0.372. The van der Waals surface area contributed by atoms with E-state index in [4.69, 9.17) is 30.9 Å². The van der Waals surface area contributed by atoms with Crippen molar-refractivity contribution >= 4 is 35.2 Å². The number of amides is 1. The minimum atomic E-state index is -1.15. The van der Waals surface area contributed by atoms with E-state index in [1.165, 1.54) is 25.3 Å². The van der Waals surface area contributed by atoms with Gasteiger partial charge in [-0.25, -0.2) is 4.79 Å². The number of anilines is 1. The van der Waals surface area contributed by atoms with Crippen molar-refractivity contribution in [3.63, 3.8) is 0 Å². The standard InChI is InChI=1S/C18H14ClNO6/c1-24-14-7-10(8-15-16(14)26-9-25-15)6-12(19)17(21)20-13-5-3-2-4-11(13)18(22)23/h2-8H,9H2,1H3,(H,20,21)(H,22,23)/b12-6+. The monoisotopic (exact) mass is 375 g/mol. The second kappa shape index (κ2) is 7.37. The fourth-order valence-electron chi connectivity index (χ4n) is 2.41. The van der Waals surface area contributed by atoms with Gasteiger partial charge in [0.2, 0.25) is 12.5 Å². The molecule has 1 aliphatic heterocycles. The molecule has 1 aliphatic rings. The van der Waals surface area contributed by atoms with Crippen LogP contribution < -0.4 is 19.5 Å². The van der Waals surface area contributed by atoms with Crippen molar-refractivity contribution in [1.29, 1.82) is 0 Å². The van der Waals surface area contributed by atoms with E-state index >= 15 is 0 Å². The van der Waals surface area contributed by atoms with Gasteiger partial charge < -0.3 is 24.6 Å². The van der Waals surface area contributed by atoms with E-state index in [0.717, 1.165) is 0 Å². The number of carbonyl (C=O) groups is 2. The second-order valence-electron chi connectivity index (χ2n) is 5.25. The Morgan fingerprint density at radius 2 is 2.04 bits per heavy atom. The molecule has 0 spiro atoms. The third kappa shape index (κ3) is 3.57. The summed E-state index contributed by atoms with van der Waals surface area (Å²) in [4.78, 5) is 23.5. The minimum absolute atomic E-state index is 0.0323. The van der Waals surface area contributed by atoms with Crippen LogP contribution in [0.25, 0.3) is 6.08 Å². The highest BCUT2D eigenvalue weighted by Crippen LogP contribution is 2.42. The van der Waals surface area contributed by atoms with Crippen LogP contribution in [-0.2, 0) is 4.79 Å². The van der Waals surface area contributed by atoms with Crippen molar-refractivity contribution in [2.24, 2.45) is 0 Å². The number of fused-ring (bicyclic) bond motifs is 1. The maximum atomic E-state index is 12.3. The molecule has 8 heteroatoms. The van der Waals surface area contributed by atoms with Crippen LogP contribution in [-0.4, -0.2) is 30.9 Å². The number of carboxylic acids is 1. The summed E-state index contributed by atoms with van der Waals surface area (Å²) in [6, 6.07) is 9.35. The van der Waals surface area contributed by atoms with E-state index in [1.54, 1.807) is 24.3 Å². The summed E-state index contributed by atoms with van der Waals surface area (Å²) >= 11 is 6.08. The van der Waals surface area contributed by atoms with Crippen LogP contribution in [0.15, 0.2) is 41.4 Å². The number of nitrogens with one attached hydrogen (secondary N) is 1. The molecule has 0 atom stereocenters. The Balaban J connectivity index is 1.84. The third-order valence-corrected chi connectivity index (χ3v) is 3.88. The molecule has 134 valence electrons. The molecular formula is C18H14ClNO6. The summed E-state index contributed by atoms with van der Waals surface area (Å²) in [5.41, 5.74) is 0.688. The van der Waals surface area contributed by atoms with Gasteiger partial charge in [-0.2, -0.15) is 0 Å². The fourth-order valence-corrected chi connectivity index (χ4v) is 2.58. The average molecular weight is 376 g/mol. The first-order valence-corrected chi connectivity index (χ1v) is 7.86. The van der Waals surface area contributed by atoms with Gasteiger partial charge in [-0.15, -0.1) is 0 Å². The highest BCUT2D eigenvalue weighted by molar-refractivity contribution is 6.45. The van der Waals surface area contributed by atoms with E-state index < -0.39 is 11.9 Å². The molecule has 1 amide bonds. The van der Waals surface area contributed by atoms with Crippen LogP contribution >= 0.6 is 11.6 Å². The fraction of sp³-hybridized carbons (Fsp3) is 0.111. The highest BCUT2D eigenvalue weighted by Gasteiger charge is 2.20. The van der Waals surface area contributed by atoms with E-state index in [2.05, 4.69) is 5.32 Å². The van der Waals surface area contributed by atoms with E-state index in [-0.39, 0.29) is 23.1 Å². The molecule has 26 heavy (non-hydrogen) atoms. The lowest BCUT2D eigenvalue weighted by Crippen LogP contribution is -2.14. The normalized spacial score (nSPS) is 12.6. The zero-order chi connectivity index (χ0) is 18.7. The lowest BCUT2D eigenvalue weighted by atomic mass is 10.1. The van der Waals surface area contributed by atoms with Crippen molar-refractivity contribution in [2.45, 2.75) is 0 Å². The van der Waals surface area contributed by atoms with Crippen molar-refractivity contribution in [2.75, 3.05) is 19.2 Å². The largest absolute Gasteiger partial charge is 0.493 e. The van der Waals surface area contributed by atoms with Gasteiger partial charge in [0, 0.05) is 0 Å². The van der Waals surface area contributed by atoms with Gasteiger partial charge >= 0.3 is 5.97 Å². The summed E-state index contributed by atoms with van der Waals surface area (Å²) in [5, 5.41) is 11.5. The summed E-state index contributed by atoms with van der Waals surface area (Å²) in [7, 11) is 1.49. The maximum Gasteiger partial charge on any atom is 0.337 e. The van der Waals surface area contributed by atoms with E-state index in [9.17, 15) is 9.59 Å². The molecule has 0 saturated carbocycles. The highest BCUT2D eigenvalue weighted by atomic mass is 35.5. The van der Waals surface area contributed by atoms with E-state index in [0.29, 0.717) is 22.8 Å². The first kappa shape index (κ1) is 17.6. The number of hydrogen-bond donors (Lipinski definition) is 2. The molecule has 3 rings (SSSR count). The first-order chi connectivity index (χ1) is 12.5. The Morgan fingerprint density at radius 3 is 2.77 bits per heavy atom. The third-order valence-electron chi connectivity index (χ3n) is 3.60. The number of halogens is 1. The molecular weight excluding hydrogens is 362 g/mol. The quantitative estimate of drug-likeness (QED) is 0.778. The van der Waals surface area contributed by atoms with Gasteiger partial charge in [-0.3, -0.25) is 4.79 Å². The average Bonchev–Trinajstić information content (AvgIpc) is 3.09. The number of rotatable bonds is 5. The zero-order valence-electron chi connectivity index (χ0n) is 13.6. The molecule has 0 saturated heterocycles. The molecule has 2 aromatic carbocycles. The molecule has 2 aromatic rings. The number of para-hydroxylation sites is 1. The van der Waals surface area contributed by atoms with Gasteiger partial charge in [-0.05, 0) is 35.9 Å². The van der Waals surface area contributed by atoms with Crippen molar-refractivity contribution in [1.82, 2.24) is 0 Å². The van der Waals surface area contributed by atoms with Crippen molar-refractivity contribution in [3.8, 4) is 17.2 Å². The van der Waals surface area contributed by atoms with Gasteiger partial charge in [-0.1, -0.05) is 23.7 Å². The number of carboxylic acid groups (broad SMARTS) is 1. The smallest absolute Gasteiger partial charge is 0.337 e. The molecule has 0 fully saturated rings. The Kier molecular flexibility index (Phi) is 4.99. The van der Waals surface area contributed by atoms with E-state index in [1.807, 2.05) is 0 Å². The van der Waals surface area contributed by atoms with Gasteiger partial charge in [0.25, 0.3) is 5.91 Å². The van der Waals surface area contributed by atoms with Crippen LogP contribution in [0, 0.1) is 0 Å². The van der Waals surface area contributed by atoms with Crippen LogP contribution in [0.2, 0.25) is 0 Å². The number of methoxy groups -OCH3 is 1. The molecule has 0 radical (unpaired) electrons. The molecule has 0 bridgehead atoms. The van der Waals surface area contributed by atoms with Crippen molar-refractivity contribution in [3.05, 3.63) is 52.6 Å². The Hall–Kier alpha value is -3.19. The Labute approximate surface area is 153 Å².